The molecule has 0 N–H and O–H groups in total. The number of carbonyl (C=O) groups excluding carboxylic acids is 2. The lowest BCUT2D eigenvalue weighted by molar-refractivity contribution is -0.167. The van der Waals surface area contributed by atoms with Gasteiger partial charge in [-0.05, 0) is 67.9 Å². The van der Waals surface area contributed by atoms with Gasteiger partial charge in [-0.25, -0.2) is 0 Å². The lowest BCUT2D eigenvalue weighted by atomic mass is 9.88. The van der Waals surface area contributed by atoms with E-state index in [1.54, 1.807) is 7.11 Å². The van der Waals surface area contributed by atoms with E-state index in [-0.39, 0.29) is 24.6 Å². The van der Waals surface area contributed by atoms with Gasteiger partial charge in [-0.3, -0.25) is 9.59 Å². The van der Waals surface area contributed by atoms with Crippen LogP contribution in [0.4, 0.5) is 0 Å². The number of ether oxygens (including phenoxy) is 5. The molecule has 34 heavy (non-hydrogen) atoms. The molecule has 1 aromatic carbocycles. The van der Waals surface area contributed by atoms with E-state index in [1.165, 1.54) is 13.8 Å². The number of benzene rings is 1. The molecule has 1 aliphatic heterocycles. The third kappa shape index (κ3) is 9.85. The summed E-state index contributed by atoms with van der Waals surface area (Å²) in [6.45, 7) is 8.97. The molecule has 0 bridgehead atoms. The molecular formula is C27H40O7. The number of hydrogen-bond donors (Lipinski definition) is 0. The highest BCUT2D eigenvalue weighted by atomic mass is 16.6. The van der Waals surface area contributed by atoms with Crippen LogP contribution in [0.5, 0.6) is 5.75 Å². The van der Waals surface area contributed by atoms with E-state index in [0.717, 1.165) is 42.6 Å². The van der Waals surface area contributed by atoms with Gasteiger partial charge in [-0.2, -0.15) is 0 Å². The fraction of sp³-hybridized carbons (Fsp3) is 0.630. The van der Waals surface area contributed by atoms with Crippen molar-refractivity contribution in [3.05, 3.63) is 41.5 Å². The van der Waals surface area contributed by atoms with Crippen LogP contribution in [0, 0.1) is 5.92 Å². The summed E-state index contributed by atoms with van der Waals surface area (Å²) in [4.78, 5) is 22.7. The molecule has 190 valence electrons. The van der Waals surface area contributed by atoms with Crippen LogP contribution in [0.1, 0.15) is 65.4 Å². The summed E-state index contributed by atoms with van der Waals surface area (Å²) in [6, 6.07) is 7.90. The molecule has 0 radical (unpaired) electrons. The van der Waals surface area contributed by atoms with Gasteiger partial charge >= 0.3 is 11.9 Å². The van der Waals surface area contributed by atoms with Crippen LogP contribution >= 0.6 is 0 Å². The van der Waals surface area contributed by atoms with Gasteiger partial charge in [-0.15, -0.1) is 0 Å². The van der Waals surface area contributed by atoms with E-state index < -0.39 is 5.60 Å². The predicted octanol–water partition coefficient (Wildman–Crippen LogP) is 5.01. The molecule has 0 amide bonds. The van der Waals surface area contributed by atoms with Gasteiger partial charge < -0.3 is 23.7 Å². The SMILES string of the molecule is COc1ccc(COCC(C)CCC[C@]2(C)OC/C(=C/COC(C)=O)CC[C@H]2OC(C)=O)cc1. The smallest absolute Gasteiger partial charge is 0.303 e. The molecule has 1 unspecified atom stereocenters. The second-order valence-electron chi connectivity index (χ2n) is 9.26. The Morgan fingerprint density at radius 2 is 1.94 bits per heavy atom. The lowest BCUT2D eigenvalue weighted by Gasteiger charge is -2.35. The van der Waals surface area contributed by atoms with Crippen molar-refractivity contribution in [2.75, 3.05) is 26.9 Å². The van der Waals surface area contributed by atoms with E-state index in [9.17, 15) is 9.59 Å². The topological polar surface area (TPSA) is 80.3 Å². The van der Waals surface area contributed by atoms with Crippen molar-refractivity contribution in [2.24, 2.45) is 5.92 Å². The average molecular weight is 477 g/mol. The van der Waals surface area contributed by atoms with Crippen LogP contribution in [-0.2, 0) is 35.1 Å². The number of rotatable bonds is 12. The molecule has 0 saturated carbocycles. The van der Waals surface area contributed by atoms with E-state index >= 15 is 0 Å². The fourth-order valence-corrected chi connectivity index (χ4v) is 4.08. The third-order valence-electron chi connectivity index (χ3n) is 6.16. The normalized spacial score (nSPS) is 22.6. The van der Waals surface area contributed by atoms with Crippen molar-refractivity contribution in [3.8, 4) is 5.75 Å². The average Bonchev–Trinajstić information content (AvgIpc) is 2.93. The second-order valence-corrected chi connectivity index (χ2v) is 9.26. The van der Waals surface area contributed by atoms with Gasteiger partial charge in [0.25, 0.3) is 0 Å². The van der Waals surface area contributed by atoms with Gasteiger partial charge in [-0.1, -0.05) is 25.5 Å². The van der Waals surface area contributed by atoms with Crippen LogP contribution in [0.3, 0.4) is 0 Å². The summed E-state index contributed by atoms with van der Waals surface area (Å²) >= 11 is 0. The monoisotopic (exact) mass is 476 g/mol. The Bertz CT molecular complexity index is 802. The summed E-state index contributed by atoms with van der Waals surface area (Å²) in [5, 5.41) is 0. The van der Waals surface area contributed by atoms with E-state index in [4.69, 9.17) is 23.7 Å². The van der Waals surface area contributed by atoms with E-state index in [2.05, 4.69) is 6.92 Å². The number of methoxy groups -OCH3 is 1. The highest BCUT2D eigenvalue weighted by molar-refractivity contribution is 5.66. The first-order chi connectivity index (χ1) is 16.2. The summed E-state index contributed by atoms with van der Waals surface area (Å²) in [5.41, 5.74) is 1.61. The van der Waals surface area contributed by atoms with Crippen LogP contribution < -0.4 is 4.74 Å². The van der Waals surface area contributed by atoms with Crippen molar-refractivity contribution >= 4 is 11.9 Å². The van der Waals surface area contributed by atoms with Gasteiger partial charge in [0.05, 0.1) is 20.3 Å². The molecule has 0 spiro atoms. The van der Waals surface area contributed by atoms with E-state index in [1.807, 2.05) is 37.3 Å². The van der Waals surface area contributed by atoms with Crippen molar-refractivity contribution in [2.45, 2.75) is 78.1 Å². The lowest BCUT2D eigenvalue weighted by Crippen LogP contribution is -2.43. The molecule has 7 nitrogen and oxygen atoms in total. The summed E-state index contributed by atoms with van der Waals surface area (Å²) < 4.78 is 28.0. The summed E-state index contributed by atoms with van der Waals surface area (Å²) in [7, 11) is 1.66. The zero-order chi connectivity index (χ0) is 25.0. The number of esters is 2. The van der Waals surface area contributed by atoms with Crippen LogP contribution in [0.15, 0.2) is 35.9 Å². The molecule has 0 aliphatic carbocycles. The number of hydrogen-bond acceptors (Lipinski definition) is 7. The highest BCUT2D eigenvalue weighted by Gasteiger charge is 2.39. The van der Waals surface area contributed by atoms with Crippen molar-refractivity contribution < 1.29 is 33.3 Å². The minimum Gasteiger partial charge on any atom is -0.497 e. The Morgan fingerprint density at radius 1 is 1.21 bits per heavy atom. The Morgan fingerprint density at radius 3 is 2.59 bits per heavy atom. The Labute approximate surface area is 203 Å². The van der Waals surface area contributed by atoms with Gasteiger partial charge in [0.2, 0.25) is 0 Å². The maximum absolute atomic E-state index is 11.7. The summed E-state index contributed by atoms with van der Waals surface area (Å²) in [5.74, 6) is 0.632. The highest BCUT2D eigenvalue weighted by Crippen LogP contribution is 2.34. The standard InChI is InChI=1S/C27H40O7/c1-20(17-31-18-23-8-11-25(30-5)12-9-23)7-6-15-27(4)26(34-22(3)29)13-10-24(19-33-27)14-16-32-21(2)28/h8-9,11-12,14,20,26H,6-7,10,13,15-19H2,1-5H3/b24-14+/t20?,26-,27+/m1/s1. The zero-order valence-corrected chi connectivity index (χ0v) is 21.3. The first kappa shape index (κ1) is 27.9. The molecule has 7 heteroatoms. The van der Waals surface area contributed by atoms with E-state index in [0.29, 0.717) is 32.2 Å². The largest absolute Gasteiger partial charge is 0.497 e. The van der Waals surface area contributed by atoms with Crippen LogP contribution in [-0.4, -0.2) is 50.6 Å². The maximum atomic E-state index is 11.7. The van der Waals surface area contributed by atoms with Gasteiger partial charge in [0, 0.05) is 20.5 Å². The van der Waals surface area contributed by atoms with Crippen molar-refractivity contribution in [3.63, 3.8) is 0 Å². The van der Waals surface area contributed by atoms with Crippen molar-refractivity contribution in [1.29, 1.82) is 0 Å². The minimum atomic E-state index is -0.563. The Hall–Kier alpha value is -2.38. The molecule has 1 aliphatic rings. The quantitative estimate of drug-likeness (QED) is 0.310. The molecule has 1 heterocycles. The van der Waals surface area contributed by atoms with Gasteiger partial charge in [0.1, 0.15) is 24.1 Å². The molecule has 2 rings (SSSR count). The molecule has 0 aromatic heterocycles. The maximum Gasteiger partial charge on any atom is 0.303 e. The number of carbonyl (C=O) groups is 2. The van der Waals surface area contributed by atoms with Crippen molar-refractivity contribution in [1.82, 2.24) is 0 Å². The first-order valence-electron chi connectivity index (χ1n) is 12.0. The van der Waals surface area contributed by atoms with Crippen LogP contribution in [0.25, 0.3) is 0 Å². The molecule has 3 atom stereocenters. The molecule has 1 saturated heterocycles. The molecule has 1 fully saturated rings. The molecule has 1 aromatic rings. The predicted molar refractivity (Wildman–Crippen MR) is 130 cm³/mol. The van der Waals surface area contributed by atoms with Gasteiger partial charge in [0.15, 0.2) is 0 Å². The third-order valence-corrected chi connectivity index (χ3v) is 6.16. The zero-order valence-electron chi connectivity index (χ0n) is 21.3. The second kappa shape index (κ2) is 14.1. The first-order valence-corrected chi connectivity index (χ1v) is 12.0. The Balaban J connectivity index is 1.82. The summed E-state index contributed by atoms with van der Waals surface area (Å²) in [6.07, 6.45) is 5.71. The molecular weight excluding hydrogens is 436 g/mol. The van der Waals surface area contributed by atoms with Crippen LogP contribution in [0.2, 0.25) is 0 Å². The minimum absolute atomic E-state index is 0.233. The fourth-order valence-electron chi connectivity index (χ4n) is 4.08. The Kier molecular flexibility index (Phi) is 11.6.